The van der Waals surface area contributed by atoms with Crippen LogP contribution in [-0.2, 0) is 0 Å². The first kappa shape index (κ1) is 14.9. The van der Waals surface area contributed by atoms with Crippen molar-refractivity contribution in [2.75, 3.05) is 6.54 Å². The van der Waals surface area contributed by atoms with Crippen molar-refractivity contribution in [2.45, 2.75) is 33.6 Å². The first-order chi connectivity index (χ1) is 8.90. The number of nitro groups is 1. The van der Waals surface area contributed by atoms with Crippen molar-refractivity contribution in [1.82, 2.24) is 10.3 Å². The van der Waals surface area contributed by atoms with Crippen LogP contribution in [0, 0.1) is 24.0 Å². The zero-order valence-electron chi connectivity index (χ0n) is 11.2. The van der Waals surface area contributed by atoms with Crippen molar-refractivity contribution < 1.29 is 9.72 Å². The highest BCUT2D eigenvalue weighted by Gasteiger charge is 2.24. The maximum Gasteiger partial charge on any atom is 0.292 e. The summed E-state index contributed by atoms with van der Waals surface area (Å²) in [6.45, 7) is 5.26. The van der Waals surface area contributed by atoms with Crippen LogP contribution in [0.4, 0.5) is 5.69 Å². The Morgan fingerprint density at radius 2 is 2.05 bits per heavy atom. The molecule has 7 nitrogen and oxygen atoms in total. The zero-order valence-corrected chi connectivity index (χ0v) is 11.2. The van der Waals surface area contributed by atoms with Gasteiger partial charge >= 0.3 is 0 Å². The molecule has 1 heterocycles. The minimum atomic E-state index is -0.602. The molecule has 0 radical (unpaired) electrons. The second-order valence-corrected chi connectivity index (χ2v) is 4.29. The number of pyridine rings is 1. The topological polar surface area (TPSA) is 105 Å². The van der Waals surface area contributed by atoms with Gasteiger partial charge < -0.3 is 10.3 Å². The van der Waals surface area contributed by atoms with Crippen LogP contribution in [0.2, 0.25) is 0 Å². The van der Waals surface area contributed by atoms with Crippen LogP contribution in [0.1, 0.15) is 41.4 Å². The maximum atomic E-state index is 11.9. The largest absolute Gasteiger partial charge is 0.352 e. The van der Waals surface area contributed by atoms with Gasteiger partial charge in [0.2, 0.25) is 0 Å². The van der Waals surface area contributed by atoms with Gasteiger partial charge in [-0.3, -0.25) is 19.7 Å². The van der Waals surface area contributed by atoms with Crippen LogP contribution in [0.3, 0.4) is 0 Å². The number of aryl methyl sites for hydroxylation is 1. The van der Waals surface area contributed by atoms with Gasteiger partial charge in [-0.15, -0.1) is 0 Å². The quantitative estimate of drug-likeness (QED) is 0.478. The van der Waals surface area contributed by atoms with Gasteiger partial charge in [-0.2, -0.15) is 0 Å². The van der Waals surface area contributed by atoms with Gasteiger partial charge in [0.25, 0.3) is 17.2 Å². The summed E-state index contributed by atoms with van der Waals surface area (Å²) < 4.78 is 0. The van der Waals surface area contributed by atoms with E-state index < -0.39 is 16.4 Å². The van der Waals surface area contributed by atoms with Crippen LogP contribution in [-0.4, -0.2) is 22.4 Å². The highest BCUT2D eigenvalue weighted by Crippen LogP contribution is 2.21. The van der Waals surface area contributed by atoms with Gasteiger partial charge in [0, 0.05) is 12.1 Å². The first-order valence-corrected chi connectivity index (χ1v) is 6.06. The van der Waals surface area contributed by atoms with Gasteiger partial charge in [0.1, 0.15) is 5.56 Å². The molecule has 0 saturated heterocycles. The fraction of sp³-hybridized carbons (Fsp3) is 0.500. The molecular formula is C12H17N3O4. The molecule has 0 aliphatic heterocycles. The smallest absolute Gasteiger partial charge is 0.292 e. The standard InChI is InChI=1S/C12H17N3O4/c1-4-5-6-13-11(16)9-7(2)10(15(18)19)8(3)14-12(9)17/h4-6H2,1-3H3,(H,13,16)(H,14,17). The molecule has 0 saturated carbocycles. The Labute approximate surface area is 110 Å². The van der Waals surface area contributed by atoms with Crippen molar-refractivity contribution in [2.24, 2.45) is 0 Å². The van der Waals surface area contributed by atoms with Crippen molar-refractivity contribution >= 4 is 11.6 Å². The number of hydrogen-bond donors (Lipinski definition) is 2. The van der Waals surface area contributed by atoms with Crippen LogP contribution in [0.15, 0.2) is 4.79 Å². The number of hydrogen-bond acceptors (Lipinski definition) is 4. The number of aromatic amines is 1. The number of H-pyrrole nitrogens is 1. The molecule has 0 aliphatic rings. The maximum absolute atomic E-state index is 11.9. The lowest BCUT2D eigenvalue weighted by molar-refractivity contribution is -0.386. The van der Waals surface area contributed by atoms with Crippen molar-refractivity contribution in [3.63, 3.8) is 0 Å². The predicted octanol–water partition coefficient (Wildman–Crippen LogP) is 1.43. The fourth-order valence-electron chi connectivity index (χ4n) is 1.88. The summed E-state index contributed by atoms with van der Waals surface area (Å²) in [6, 6.07) is 0. The molecular weight excluding hydrogens is 250 g/mol. The second kappa shape index (κ2) is 6.12. The van der Waals surface area contributed by atoms with E-state index in [0.717, 1.165) is 12.8 Å². The van der Waals surface area contributed by atoms with Crippen molar-refractivity contribution in [1.29, 1.82) is 0 Å². The predicted molar refractivity (Wildman–Crippen MR) is 70.4 cm³/mol. The van der Waals surface area contributed by atoms with E-state index in [0.29, 0.717) is 6.54 Å². The molecule has 1 amide bonds. The van der Waals surface area contributed by atoms with Gasteiger partial charge in [-0.1, -0.05) is 13.3 Å². The Bertz CT molecular complexity index is 563. The Kier molecular flexibility index (Phi) is 4.80. The summed E-state index contributed by atoms with van der Waals surface area (Å²) in [5, 5.41) is 13.5. The van der Waals surface area contributed by atoms with E-state index in [-0.39, 0.29) is 22.5 Å². The molecule has 1 aromatic rings. The van der Waals surface area contributed by atoms with Gasteiger partial charge in [-0.05, 0) is 20.3 Å². The minimum absolute atomic E-state index is 0.0975. The molecule has 7 heteroatoms. The highest BCUT2D eigenvalue weighted by molar-refractivity contribution is 5.96. The van der Waals surface area contributed by atoms with Crippen molar-refractivity contribution in [3.8, 4) is 0 Å². The molecule has 1 rings (SSSR count). The summed E-state index contributed by atoms with van der Waals surface area (Å²) in [4.78, 5) is 36.4. The molecule has 2 N–H and O–H groups in total. The molecule has 19 heavy (non-hydrogen) atoms. The number of aromatic nitrogens is 1. The van der Waals surface area contributed by atoms with Crippen LogP contribution in [0.25, 0.3) is 0 Å². The normalized spacial score (nSPS) is 10.3. The molecule has 0 aliphatic carbocycles. The Morgan fingerprint density at radius 3 is 2.58 bits per heavy atom. The number of unbranched alkanes of at least 4 members (excludes halogenated alkanes) is 1. The van der Waals surface area contributed by atoms with Crippen LogP contribution >= 0.6 is 0 Å². The zero-order chi connectivity index (χ0) is 14.6. The molecule has 0 fully saturated rings. The molecule has 0 atom stereocenters. The Hall–Kier alpha value is -2.18. The number of carbonyl (C=O) groups excluding carboxylic acids is 1. The summed E-state index contributed by atoms with van der Waals surface area (Å²) in [5.74, 6) is -0.574. The van der Waals surface area contributed by atoms with Crippen molar-refractivity contribution in [3.05, 3.63) is 37.3 Å². The molecule has 1 aromatic heterocycles. The average Bonchev–Trinajstić information content (AvgIpc) is 2.27. The third kappa shape index (κ3) is 3.18. The number of carbonyl (C=O) groups is 1. The summed E-state index contributed by atoms with van der Waals surface area (Å²) in [5.41, 5.74) is -0.763. The van der Waals surface area contributed by atoms with Crippen LogP contribution in [0.5, 0.6) is 0 Å². The van der Waals surface area contributed by atoms with E-state index in [9.17, 15) is 19.7 Å². The SMILES string of the molecule is CCCCNC(=O)c1c(C)c([N+](=O)[O-])c(C)[nH]c1=O. The number of nitrogens with one attached hydrogen (secondary N) is 2. The van der Waals surface area contributed by atoms with Crippen LogP contribution < -0.4 is 10.9 Å². The van der Waals surface area contributed by atoms with Gasteiger partial charge in [-0.25, -0.2) is 0 Å². The molecule has 0 aromatic carbocycles. The molecule has 0 bridgehead atoms. The first-order valence-electron chi connectivity index (χ1n) is 6.06. The van der Waals surface area contributed by atoms with E-state index in [1.807, 2.05) is 6.92 Å². The lowest BCUT2D eigenvalue weighted by atomic mass is 10.1. The average molecular weight is 267 g/mol. The summed E-state index contributed by atoms with van der Waals surface area (Å²) in [6.07, 6.45) is 1.69. The highest BCUT2D eigenvalue weighted by atomic mass is 16.6. The van der Waals surface area contributed by atoms with E-state index in [1.165, 1.54) is 13.8 Å². The van der Waals surface area contributed by atoms with Gasteiger partial charge in [0.15, 0.2) is 0 Å². The number of amides is 1. The lowest BCUT2D eigenvalue weighted by Gasteiger charge is -2.08. The number of nitrogens with zero attached hydrogens (tertiary/aromatic N) is 1. The monoisotopic (exact) mass is 267 g/mol. The Balaban J connectivity index is 3.21. The molecule has 104 valence electrons. The minimum Gasteiger partial charge on any atom is -0.352 e. The van der Waals surface area contributed by atoms with E-state index in [4.69, 9.17) is 0 Å². The summed E-state index contributed by atoms with van der Waals surface area (Å²) in [7, 11) is 0. The van der Waals surface area contributed by atoms with Gasteiger partial charge in [0.05, 0.1) is 10.6 Å². The van der Waals surface area contributed by atoms with E-state index >= 15 is 0 Å². The van der Waals surface area contributed by atoms with E-state index in [1.54, 1.807) is 0 Å². The Morgan fingerprint density at radius 1 is 1.42 bits per heavy atom. The number of rotatable bonds is 5. The fourth-order valence-corrected chi connectivity index (χ4v) is 1.88. The van der Waals surface area contributed by atoms with E-state index in [2.05, 4.69) is 10.3 Å². The lowest BCUT2D eigenvalue weighted by Crippen LogP contribution is -2.32. The third-order valence-electron chi connectivity index (χ3n) is 2.84. The molecule has 0 spiro atoms. The molecule has 0 unspecified atom stereocenters. The second-order valence-electron chi connectivity index (χ2n) is 4.29. The summed E-state index contributed by atoms with van der Waals surface area (Å²) >= 11 is 0. The third-order valence-corrected chi connectivity index (χ3v) is 2.84.